The molecule has 6 nitrogen and oxygen atoms in total. The zero-order valence-electron chi connectivity index (χ0n) is 13.2. The summed E-state index contributed by atoms with van der Waals surface area (Å²) < 4.78 is 5.57. The summed E-state index contributed by atoms with van der Waals surface area (Å²) in [7, 11) is 0. The van der Waals surface area contributed by atoms with Crippen LogP contribution in [-0.4, -0.2) is 26.1 Å². The first-order valence-corrected chi connectivity index (χ1v) is 7.37. The number of phenolic OH excluding ortho intramolecular Hbond substituents is 1. The number of hydrogen-bond donors (Lipinski definition) is 2. The number of benzene rings is 1. The Bertz CT molecular complexity index is 877. The van der Waals surface area contributed by atoms with Gasteiger partial charge in [0.1, 0.15) is 11.4 Å². The third-order valence-corrected chi connectivity index (χ3v) is 3.76. The largest absolute Gasteiger partial charge is 0.508 e. The van der Waals surface area contributed by atoms with Crippen LogP contribution in [0.4, 0.5) is 0 Å². The molecule has 23 heavy (non-hydrogen) atoms. The van der Waals surface area contributed by atoms with E-state index in [2.05, 4.69) is 15.2 Å². The van der Waals surface area contributed by atoms with Crippen molar-refractivity contribution >= 4 is 5.78 Å². The second-order valence-corrected chi connectivity index (χ2v) is 5.36. The summed E-state index contributed by atoms with van der Waals surface area (Å²) in [6.45, 7) is 5.59. The highest BCUT2D eigenvalue weighted by atomic mass is 16.4. The lowest BCUT2D eigenvalue weighted by molar-refractivity contribution is 0.103. The molecule has 0 unspecified atom stereocenters. The first kappa shape index (κ1) is 15.0. The average Bonchev–Trinajstić information content (AvgIpc) is 3.11. The molecule has 0 aliphatic heterocycles. The molecule has 0 saturated heterocycles. The zero-order chi connectivity index (χ0) is 16.6. The first-order valence-electron chi connectivity index (χ1n) is 7.37. The normalized spacial score (nSPS) is 10.9. The summed E-state index contributed by atoms with van der Waals surface area (Å²) in [5, 5.41) is 17.5. The van der Waals surface area contributed by atoms with E-state index >= 15 is 0 Å². The maximum atomic E-state index is 12.7. The lowest BCUT2D eigenvalue weighted by atomic mass is 9.99. The van der Waals surface area contributed by atoms with Gasteiger partial charge in [0.05, 0.1) is 0 Å². The van der Waals surface area contributed by atoms with Crippen molar-refractivity contribution < 1.29 is 14.3 Å². The summed E-state index contributed by atoms with van der Waals surface area (Å²) in [6, 6.07) is 6.31. The van der Waals surface area contributed by atoms with Gasteiger partial charge in [-0.2, -0.15) is 0 Å². The van der Waals surface area contributed by atoms with Crippen molar-refractivity contribution in [2.75, 3.05) is 0 Å². The van der Waals surface area contributed by atoms with Gasteiger partial charge < -0.3 is 14.5 Å². The van der Waals surface area contributed by atoms with Gasteiger partial charge in [0.25, 0.3) is 5.89 Å². The van der Waals surface area contributed by atoms with Crippen LogP contribution in [0.3, 0.4) is 0 Å². The highest BCUT2D eigenvalue weighted by Gasteiger charge is 2.23. The van der Waals surface area contributed by atoms with Crippen molar-refractivity contribution in [3.8, 4) is 17.3 Å². The van der Waals surface area contributed by atoms with Crippen molar-refractivity contribution in [3.63, 3.8) is 0 Å². The van der Waals surface area contributed by atoms with Crippen LogP contribution in [0.5, 0.6) is 5.75 Å². The number of carbonyl (C=O) groups excluding carboxylic acids is 1. The maximum absolute atomic E-state index is 12.7. The van der Waals surface area contributed by atoms with Crippen molar-refractivity contribution in [2.24, 2.45) is 0 Å². The number of aromatic nitrogens is 3. The van der Waals surface area contributed by atoms with E-state index in [1.807, 2.05) is 20.8 Å². The predicted octanol–water partition coefficient (Wildman–Crippen LogP) is 3.18. The van der Waals surface area contributed by atoms with Gasteiger partial charge in [-0.25, -0.2) is 0 Å². The molecule has 0 aliphatic rings. The fraction of sp³-hybridized carbons (Fsp3) is 0.235. The Labute approximate surface area is 133 Å². The highest BCUT2D eigenvalue weighted by molar-refractivity contribution is 6.11. The predicted molar refractivity (Wildman–Crippen MR) is 84.5 cm³/mol. The molecule has 0 saturated carbocycles. The minimum Gasteiger partial charge on any atom is -0.508 e. The van der Waals surface area contributed by atoms with Crippen LogP contribution in [0.1, 0.15) is 40.0 Å². The summed E-state index contributed by atoms with van der Waals surface area (Å²) in [5.41, 5.74) is 3.12. The third-order valence-electron chi connectivity index (χ3n) is 3.76. The van der Waals surface area contributed by atoms with E-state index in [-0.39, 0.29) is 11.5 Å². The molecular formula is C17H17N3O3. The highest BCUT2D eigenvalue weighted by Crippen LogP contribution is 2.29. The molecule has 3 aromatic rings. The molecule has 0 bridgehead atoms. The van der Waals surface area contributed by atoms with Gasteiger partial charge in [-0.15, -0.1) is 10.2 Å². The molecular weight excluding hydrogens is 294 g/mol. The van der Waals surface area contributed by atoms with E-state index in [0.717, 1.165) is 11.3 Å². The van der Waals surface area contributed by atoms with Gasteiger partial charge in [-0.1, -0.05) is 19.1 Å². The number of H-pyrrole nitrogens is 1. The molecule has 0 fully saturated rings. The fourth-order valence-electron chi connectivity index (χ4n) is 2.59. The minimum atomic E-state index is -0.159. The van der Waals surface area contributed by atoms with Crippen LogP contribution in [0.25, 0.3) is 11.6 Å². The average molecular weight is 311 g/mol. The number of rotatable bonds is 4. The van der Waals surface area contributed by atoms with Crippen molar-refractivity contribution in [1.29, 1.82) is 0 Å². The Kier molecular flexibility index (Phi) is 3.73. The molecule has 118 valence electrons. The van der Waals surface area contributed by atoms with Crippen LogP contribution in [-0.2, 0) is 6.42 Å². The lowest BCUT2D eigenvalue weighted by Gasteiger charge is -2.03. The Morgan fingerprint density at radius 1 is 1.30 bits per heavy atom. The van der Waals surface area contributed by atoms with E-state index in [0.29, 0.717) is 35.0 Å². The molecule has 6 heteroatoms. The second kappa shape index (κ2) is 5.72. The molecule has 0 atom stereocenters. The van der Waals surface area contributed by atoms with E-state index < -0.39 is 0 Å². The van der Waals surface area contributed by atoms with Crippen molar-refractivity contribution in [2.45, 2.75) is 27.2 Å². The molecule has 0 radical (unpaired) electrons. The van der Waals surface area contributed by atoms with E-state index in [4.69, 9.17) is 4.42 Å². The summed E-state index contributed by atoms with van der Waals surface area (Å²) in [4.78, 5) is 15.9. The Hall–Kier alpha value is -2.89. The molecule has 0 aliphatic carbocycles. The number of carbonyl (C=O) groups is 1. The fourth-order valence-corrected chi connectivity index (χ4v) is 2.59. The Morgan fingerprint density at radius 2 is 2.09 bits per heavy atom. The van der Waals surface area contributed by atoms with Gasteiger partial charge in [0.15, 0.2) is 5.78 Å². The first-order chi connectivity index (χ1) is 11.0. The van der Waals surface area contributed by atoms with Crippen molar-refractivity contribution in [1.82, 2.24) is 15.2 Å². The molecule has 1 aromatic carbocycles. The molecule has 3 rings (SSSR count). The number of aromatic amines is 1. The van der Waals surface area contributed by atoms with Crippen LogP contribution < -0.4 is 0 Å². The number of phenols is 1. The topological polar surface area (TPSA) is 92.0 Å². The van der Waals surface area contributed by atoms with Gasteiger partial charge in [-0.3, -0.25) is 4.79 Å². The Balaban J connectivity index is 2.05. The summed E-state index contributed by atoms with van der Waals surface area (Å²) in [5.74, 6) is 0.824. The SMILES string of the molecule is CCc1nnc(-c2[nH]c(C)c(C(=O)c3cccc(O)c3)c2C)o1. The number of ketones is 1. The summed E-state index contributed by atoms with van der Waals surface area (Å²) in [6.07, 6.45) is 0.654. The van der Waals surface area contributed by atoms with Gasteiger partial charge >= 0.3 is 0 Å². The van der Waals surface area contributed by atoms with Crippen LogP contribution in [0.2, 0.25) is 0 Å². The van der Waals surface area contributed by atoms with Gasteiger partial charge in [0, 0.05) is 23.2 Å². The smallest absolute Gasteiger partial charge is 0.264 e. The van der Waals surface area contributed by atoms with E-state index in [9.17, 15) is 9.90 Å². The Morgan fingerprint density at radius 3 is 2.74 bits per heavy atom. The molecule has 2 heterocycles. The summed E-state index contributed by atoms with van der Waals surface area (Å²) >= 11 is 0. The maximum Gasteiger partial charge on any atom is 0.264 e. The van der Waals surface area contributed by atoms with Crippen LogP contribution in [0.15, 0.2) is 28.7 Å². The standard InChI is InChI=1S/C17H17N3O3/c1-4-13-19-20-17(23-13)15-9(2)14(10(3)18-15)16(22)11-6-5-7-12(21)8-11/h5-8,18,21H,4H2,1-3H3. The second-order valence-electron chi connectivity index (χ2n) is 5.36. The monoisotopic (exact) mass is 311 g/mol. The van der Waals surface area contributed by atoms with Crippen LogP contribution >= 0.6 is 0 Å². The van der Waals surface area contributed by atoms with Gasteiger partial charge in [-0.05, 0) is 31.5 Å². The number of aryl methyl sites for hydroxylation is 2. The number of hydrogen-bond acceptors (Lipinski definition) is 5. The molecule has 2 aromatic heterocycles. The minimum absolute atomic E-state index is 0.0615. The van der Waals surface area contributed by atoms with E-state index in [1.54, 1.807) is 12.1 Å². The number of aromatic hydroxyl groups is 1. The lowest BCUT2D eigenvalue weighted by Crippen LogP contribution is -2.03. The van der Waals surface area contributed by atoms with E-state index in [1.165, 1.54) is 12.1 Å². The molecule has 0 amide bonds. The molecule has 2 N–H and O–H groups in total. The van der Waals surface area contributed by atoms with Gasteiger partial charge in [0.2, 0.25) is 5.89 Å². The quantitative estimate of drug-likeness (QED) is 0.722. The third kappa shape index (κ3) is 2.63. The zero-order valence-corrected chi connectivity index (χ0v) is 13.2. The number of nitrogens with zero attached hydrogens (tertiary/aromatic N) is 2. The van der Waals surface area contributed by atoms with Crippen LogP contribution in [0, 0.1) is 13.8 Å². The molecule has 0 spiro atoms. The van der Waals surface area contributed by atoms with Crippen molar-refractivity contribution in [3.05, 3.63) is 52.5 Å². The number of nitrogens with one attached hydrogen (secondary N) is 1.